The molecule has 0 fully saturated rings. The van der Waals surface area contributed by atoms with E-state index >= 15 is 0 Å². The van der Waals surface area contributed by atoms with Crippen molar-refractivity contribution < 1.29 is 25.8 Å². The minimum atomic E-state index is -0.981. The first kappa shape index (κ1) is 27.6. The summed E-state index contributed by atoms with van der Waals surface area (Å²) in [5.41, 5.74) is 0. The average Bonchev–Trinajstić information content (AvgIpc) is 2.72. The summed E-state index contributed by atoms with van der Waals surface area (Å²) in [6.07, 6.45) is 0. The van der Waals surface area contributed by atoms with Gasteiger partial charge in [0.1, 0.15) is 0 Å². The summed E-state index contributed by atoms with van der Waals surface area (Å²) < 4.78 is 0. The molecule has 0 aliphatic heterocycles. The zero-order valence-electron chi connectivity index (χ0n) is 14.2. The maximum absolute atomic E-state index is 3.50. The second-order valence-electron chi connectivity index (χ2n) is 4.77. The quantitative estimate of drug-likeness (QED) is 0.464. The van der Waals surface area contributed by atoms with Crippen molar-refractivity contribution in [1.29, 1.82) is 0 Å². The Morgan fingerprint density at radius 3 is 1.00 bits per heavy atom. The van der Waals surface area contributed by atoms with E-state index in [1.807, 2.05) is 0 Å². The van der Waals surface area contributed by atoms with E-state index in [4.69, 9.17) is 0 Å². The summed E-state index contributed by atoms with van der Waals surface area (Å²) in [5.74, 6) is 0. The van der Waals surface area contributed by atoms with Crippen LogP contribution >= 0.6 is 0 Å². The Kier molecular flexibility index (Phi) is 30.0. The molecular weight excluding hydrogens is 417 g/mol. The normalized spacial score (nSPS) is 8.47. The van der Waals surface area contributed by atoms with Gasteiger partial charge in [-0.05, 0) is 0 Å². The van der Waals surface area contributed by atoms with E-state index in [2.05, 4.69) is 59.9 Å². The maximum atomic E-state index is 3.50. The Bertz CT molecular complexity index is 216. The van der Waals surface area contributed by atoms with Crippen LogP contribution in [-0.4, -0.2) is 50.4 Å². The van der Waals surface area contributed by atoms with E-state index in [9.17, 15) is 0 Å². The molecule has 0 spiro atoms. The zero-order chi connectivity index (χ0) is 15.0. The van der Waals surface area contributed by atoms with Crippen LogP contribution in [0, 0.1) is 0 Å². The maximum Gasteiger partial charge on any atom is 4.00 e. The monoisotopic (exact) mass is 449 g/mol. The Morgan fingerprint density at radius 1 is 0.684 bits per heavy atom. The Balaban J connectivity index is -0.0000000956. The topological polar surface area (TPSA) is 42.3 Å². The standard InChI is InChI=1S/C8H13Si.3C2H6N.Hf/c1-9(2,3)8-6-4-5-7-8;3*1-3-2;/h4-7H,1-3H3;3*1-2H3;/q4*-1;+4. The smallest absolute Gasteiger partial charge is 0.668 e. The van der Waals surface area contributed by atoms with Crippen LogP contribution in [0.15, 0.2) is 24.3 Å². The van der Waals surface area contributed by atoms with Crippen molar-refractivity contribution in [2.24, 2.45) is 0 Å². The number of nitrogens with zero attached hydrogens (tertiary/aromatic N) is 3. The van der Waals surface area contributed by atoms with Crippen LogP contribution in [0.1, 0.15) is 0 Å². The second-order valence-corrected chi connectivity index (χ2v) is 9.84. The predicted octanol–water partition coefficient (Wildman–Crippen LogP) is 3.81. The van der Waals surface area contributed by atoms with Gasteiger partial charge in [0, 0.05) is 8.07 Å². The van der Waals surface area contributed by atoms with Crippen LogP contribution in [0.25, 0.3) is 16.0 Å². The SMILES string of the molecule is C[N-]C.C[N-]C.C[N-]C.C[Si](C)(C)[c-]1cccc1.[Hf+4]. The minimum absolute atomic E-state index is 0. The van der Waals surface area contributed by atoms with E-state index in [0.717, 1.165) is 0 Å². The van der Waals surface area contributed by atoms with Gasteiger partial charge in [0.25, 0.3) is 0 Å². The van der Waals surface area contributed by atoms with Gasteiger partial charge < -0.3 is 16.0 Å². The van der Waals surface area contributed by atoms with Crippen molar-refractivity contribution in [1.82, 2.24) is 0 Å². The number of hydrogen-bond donors (Lipinski definition) is 0. The summed E-state index contributed by atoms with van der Waals surface area (Å²) in [6, 6.07) is 8.69. The molecule has 0 aliphatic rings. The van der Waals surface area contributed by atoms with Gasteiger partial charge in [-0.15, -0.1) is 0 Å². The van der Waals surface area contributed by atoms with Gasteiger partial charge in [-0.3, -0.25) is 0 Å². The van der Waals surface area contributed by atoms with Gasteiger partial charge in [0.05, 0.1) is 0 Å². The van der Waals surface area contributed by atoms with Crippen LogP contribution in [0.4, 0.5) is 0 Å². The Hall–Kier alpha value is 0.317. The molecule has 0 N–H and O–H groups in total. The largest absolute Gasteiger partial charge is 4.00 e. The first-order valence-electron chi connectivity index (χ1n) is 6.01. The summed E-state index contributed by atoms with van der Waals surface area (Å²) in [6.45, 7) is 7.09. The number of hydrogen-bond acceptors (Lipinski definition) is 0. The fraction of sp³-hybridized carbons (Fsp3) is 0.643. The molecule has 0 radical (unpaired) electrons. The molecule has 110 valence electrons. The van der Waals surface area contributed by atoms with E-state index in [1.165, 1.54) is 0 Å². The van der Waals surface area contributed by atoms with E-state index in [0.29, 0.717) is 0 Å². The Morgan fingerprint density at radius 2 is 0.895 bits per heavy atom. The van der Waals surface area contributed by atoms with Crippen LogP contribution < -0.4 is 5.19 Å². The molecule has 0 amide bonds. The predicted molar refractivity (Wildman–Crippen MR) is 90.6 cm³/mol. The summed E-state index contributed by atoms with van der Waals surface area (Å²) >= 11 is 0. The van der Waals surface area contributed by atoms with Gasteiger partial charge in [-0.25, -0.2) is 12.1 Å². The molecule has 19 heavy (non-hydrogen) atoms. The fourth-order valence-corrected chi connectivity index (χ4v) is 2.07. The third kappa shape index (κ3) is 27.5. The van der Waals surface area contributed by atoms with Crippen molar-refractivity contribution >= 4 is 13.3 Å². The van der Waals surface area contributed by atoms with Crippen molar-refractivity contribution in [2.75, 3.05) is 42.3 Å². The molecule has 0 aromatic heterocycles. The van der Waals surface area contributed by atoms with Crippen LogP contribution in [0.5, 0.6) is 0 Å². The third-order valence-electron chi connectivity index (χ3n) is 1.53. The minimum Gasteiger partial charge on any atom is -0.668 e. The van der Waals surface area contributed by atoms with Gasteiger partial charge in [-0.2, -0.15) is 59.6 Å². The van der Waals surface area contributed by atoms with E-state index < -0.39 is 8.07 Å². The van der Waals surface area contributed by atoms with E-state index in [1.54, 1.807) is 47.5 Å². The molecule has 5 heteroatoms. The molecule has 0 unspecified atom stereocenters. The van der Waals surface area contributed by atoms with Crippen molar-refractivity contribution in [3.8, 4) is 0 Å². The van der Waals surface area contributed by atoms with Crippen LogP contribution in [0.2, 0.25) is 19.6 Å². The molecule has 0 saturated carbocycles. The summed E-state index contributed by atoms with van der Waals surface area (Å²) in [4.78, 5) is 0. The zero-order valence-corrected chi connectivity index (χ0v) is 18.7. The molecule has 3 nitrogen and oxygen atoms in total. The molecule has 0 aliphatic carbocycles. The van der Waals surface area contributed by atoms with Gasteiger partial charge in [0.15, 0.2) is 0 Å². The Labute approximate surface area is 141 Å². The average molecular weight is 448 g/mol. The van der Waals surface area contributed by atoms with Crippen molar-refractivity contribution in [3.05, 3.63) is 40.2 Å². The first-order valence-corrected chi connectivity index (χ1v) is 9.51. The van der Waals surface area contributed by atoms with Crippen LogP contribution in [0.3, 0.4) is 0 Å². The molecule has 0 saturated heterocycles. The molecule has 1 aromatic rings. The second kappa shape index (κ2) is 20.6. The van der Waals surface area contributed by atoms with Crippen molar-refractivity contribution in [3.63, 3.8) is 0 Å². The number of rotatable bonds is 1. The molecule has 0 atom stereocenters. The summed E-state index contributed by atoms with van der Waals surface area (Å²) in [5, 5.41) is 12.1. The van der Waals surface area contributed by atoms with Gasteiger partial charge in [-0.1, -0.05) is 19.6 Å². The first-order chi connectivity index (χ1) is 8.35. The van der Waals surface area contributed by atoms with Crippen molar-refractivity contribution in [2.45, 2.75) is 19.6 Å². The van der Waals surface area contributed by atoms with Crippen LogP contribution in [-0.2, 0) is 25.8 Å². The molecule has 1 aromatic carbocycles. The molecule has 0 bridgehead atoms. The summed E-state index contributed by atoms with van der Waals surface area (Å²) in [7, 11) is 9.52. The molecular formula is C14H31HfN3Si. The van der Waals surface area contributed by atoms with Gasteiger partial charge >= 0.3 is 25.8 Å². The molecule has 1 rings (SSSR count). The fourth-order valence-electron chi connectivity index (χ4n) is 0.874. The van der Waals surface area contributed by atoms with E-state index in [-0.39, 0.29) is 25.8 Å². The third-order valence-corrected chi connectivity index (χ3v) is 3.59. The molecule has 0 heterocycles. The van der Waals surface area contributed by atoms with Gasteiger partial charge in [0.2, 0.25) is 0 Å².